The molecule has 0 aliphatic rings. The van der Waals surface area contributed by atoms with E-state index in [2.05, 4.69) is 17.2 Å². The Hall–Kier alpha value is -1.88. The lowest BCUT2D eigenvalue weighted by molar-refractivity contribution is 0.102. The molecule has 0 spiro atoms. The second-order valence-corrected chi connectivity index (χ2v) is 5.97. The topological polar surface area (TPSA) is 51.2 Å². The van der Waals surface area contributed by atoms with Gasteiger partial charge < -0.3 is 4.74 Å². The minimum atomic E-state index is -0.152. The van der Waals surface area contributed by atoms with Gasteiger partial charge in [0, 0.05) is 17.1 Å². The van der Waals surface area contributed by atoms with Crippen LogP contribution in [0.15, 0.2) is 35.8 Å². The number of hydrogen-bond donors (Lipinski definition) is 1. The van der Waals surface area contributed by atoms with Crippen molar-refractivity contribution in [2.24, 2.45) is 0 Å². The fraction of sp³-hybridized carbons (Fsp3) is 0.412. The maximum Gasteiger partial charge on any atom is 0.257 e. The molecule has 0 saturated heterocycles. The zero-order valence-corrected chi connectivity index (χ0v) is 13.7. The molecule has 0 bridgehead atoms. The summed E-state index contributed by atoms with van der Waals surface area (Å²) in [6.45, 7) is 2.94. The Morgan fingerprint density at radius 2 is 1.95 bits per heavy atom. The van der Waals surface area contributed by atoms with Crippen LogP contribution in [0.2, 0.25) is 0 Å². The number of unbranched alkanes of at least 4 members (excludes halogenated alkanes) is 4. The summed E-state index contributed by atoms with van der Waals surface area (Å²) in [7, 11) is 0. The molecule has 2 aromatic rings. The van der Waals surface area contributed by atoms with E-state index >= 15 is 0 Å². The number of anilines is 1. The minimum absolute atomic E-state index is 0.152. The maximum absolute atomic E-state index is 12.0. The molecule has 0 unspecified atom stereocenters. The van der Waals surface area contributed by atoms with Crippen molar-refractivity contribution in [2.75, 3.05) is 11.9 Å². The number of carbonyl (C=O) groups excluding carboxylic acids is 1. The molecule has 0 fully saturated rings. The normalized spacial score (nSPS) is 10.4. The van der Waals surface area contributed by atoms with Crippen LogP contribution in [0.3, 0.4) is 0 Å². The molecule has 1 amide bonds. The molecule has 118 valence electrons. The van der Waals surface area contributed by atoms with Crippen molar-refractivity contribution in [2.45, 2.75) is 39.0 Å². The van der Waals surface area contributed by atoms with Gasteiger partial charge in [-0.2, -0.15) is 0 Å². The van der Waals surface area contributed by atoms with Crippen LogP contribution in [0, 0.1) is 0 Å². The number of ether oxygens (including phenoxy) is 1. The highest BCUT2D eigenvalue weighted by molar-refractivity contribution is 7.13. The van der Waals surface area contributed by atoms with Crippen LogP contribution in [0.25, 0.3) is 0 Å². The summed E-state index contributed by atoms with van der Waals surface area (Å²) in [5, 5.41) is 5.19. The van der Waals surface area contributed by atoms with Crippen LogP contribution in [0.5, 0.6) is 5.75 Å². The Labute approximate surface area is 135 Å². The van der Waals surface area contributed by atoms with E-state index in [0.717, 1.165) is 18.8 Å². The van der Waals surface area contributed by atoms with Gasteiger partial charge in [-0.25, -0.2) is 4.98 Å². The highest BCUT2D eigenvalue weighted by atomic mass is 32.1. The number of thiazole rings is 1. The van der Waals surface area contributed by atoms with E-state index < -0.39 is 0 Å². The fourth-order valence-corrected chi connectivity index (χ4v) is 2.58. The Bertz CT molecular complexity index is 553. The molecule has 1 heterocycles. The van der Waals surface area contributed by atoms with Gasteiger partial charge >= 0.3 is 0 Å². The molecule has 4 nitrogen and oxygen atoms in total. The summed E-state index contributed by atoms with van der Waals surface area (Å²) < 4.78 is 5.68. The monoisotopic (exact) mass is 318 g/mol. The SMILES string of the molecule is CCCCCCCOc1ccc(C(=O)Nc2nccs2)cc1. The predicted octanol–water partition coefficient (Wildman–Crippen LogP) is 4.74. The van der Waals surface area contributed by atoms with E-state index in [1.54, 1.807) is 18.3 Å². The van der Waals surface area contributed by atoms with Crippen molar-refractivity contribution in [3.63, 3.8) is 0 Å². The third-order valence-corrected chi connectivity index (χ3v) is 3.97. The van der Waals surface area contributed by atoms with Crippen molar-refractivity contribution in [3.8, 4) is 5.75 Å². The van der Waals surface area contributed by atoms with Crippen LogP contribution in [0.1, 0.15) is 49.4 Å². The van der Waals surface area contributed by atoms with Crippen molar-refractivity contribution in [1.82, 2.24) is 4.98 Å². The van der Waals surface area contributed by atoms with Gasteiger partial charge in [0.25, 0.3) is 5.91 Å². The number of benzene rings is 1. The molecule has 0 aliphatic carbocycles. The van der Waals surface area contributed by atoms with Gasteiger partial charge in [0.1, 0.15) is 5.75 Å². The summed E-state index contributed by atoms with van der Waals surface area (Å²) in [5.41, 5.74) is 0.602. The Kier molecular flexibility index (Phi) is 6.90. The summed E-state index contributed by atoms with van der Waals surface area (Å²) in [4.78, 5) is 16.0. The van der Waals surface area contributed by atoms with Gasteiger partial charge in [-0.15, -0.1) is 11.3 Å². The predicted molar refractivity (Wildman–Crippen MR) is 90.8 cm³/mol. The number of amides is 1. The van der Waals surface area contributed by atoms with E-state index in [-0.39, 0.29) is 5.91 Å². The lowest BCUT2D eigenvalue weighted by Crippen LogP contribution is -2.11. The summed E-state index contributed by atoms with van der Waals surface area (Å²) >= 11 is 1.40. The van der Waals surface area contributed by atoms with Crippen molar-refractivity contribution in [3.05, 3.63) is 41.4 Å². The molecular formula is C17H22N2O2S. The van der Waals surface area contributed by atoms with Crippen LogP contribution in [-0.4, -0.2) is 17.5 Å². The molecule has 0 aliphatic heterocycles. The third kappa shape index (κ3) is 5.48. The second kappa shape index (κ2) is 9.20. The van der Waals surface area contributed by atoms with Crippen LogP contribution < -0.4 is 10.1 Å². The van der Waals surface area contributed by atoms with E-state index in [9.17, 15) is 4.79 Å². The van der Waals surface area contributed by atoms with Crippen molar-refractivity contribution >= 4 is 22.4 Å². The molecule has 1 aromatic carbocycles. The number of carbonyl (C=O) groups is 1. The van der Waals surface area contributed by atoms with Gasteiger partial charge in [0.2, 0.25) is 0 Å². The second-order valence-electron chi connectivity index (χ2n) is 5.08. The van der Waals surface area contributed by atoms with E-state index in [4.69, 9.17) is 4.74 Å². The van der Waals surface area contributed by atoms with Gasteiger partial charge in [-0.3, -0.25) is 10.1 Å². The quantitative estimate of drug-likeness (QED) is 0.679. The molecule has 0 saturated carbocycles. The lowest BCUT2D eigenvalue weighted by Gasteiger charge is -2.07. The van der Waals surface area contributed by atoms with Gasteiger partial charge in [-0.05, 0) is 30.7 Å². The van der Waals surface area contributed by atoms with E-state index in [1.165, 1.54) is 37.0 Å². The summed E-state index contributed by atoms with van der Waals surface area (Å²) in [5.74, 6) is 0.655. The molecule has 0 radical (unpaired) electrons. The van der Waals surface area contributed by atoms with Crippen LogP contribution in [0.4, 0.5) is 5.13 Å². The third-order valence-electron chi connectivity index (χ3n) is 3.29. The number of nitrogens with zero attached hydrogens (tertiary/aromatic N) is 1. The van der Waals surface area contributed by atoms with E-state index in [0.29, 0.717) is 10.7 Å². The molecule has 22 heavy (non-hydrogen) atoms. The molecule has 1 N–H and O–H groups in total. The Balaban J connectivity index is 1.74. The first kappa shape index (κ1) is 16.5. The standard InChI is InChI=1S/C17H22N2O2S/c1-2-3-4-5-6-12-21-15-9-7-14(8-10-15)16(20)19-17-18-11-13-22-17/h7-11,13H,2-6,12H2,1H3,(H,18,19,20). The first-order valence-electron chi connectivity index (χ1n) is 7.73. The van der Waals surface area contributed by atoms with Crippen molar-refractivity contribution in [1.29, 1.82) is 0 Å². The smallest absolute Gasteiger partial charge is 0.257 e. The number of aromatic nitrogens is 1. The highest BCUT2D eigenvalue weighted by Crippen LogP contribution is 2.16. The highest BCUT2D eigenvalue weighted by Gasteiger charge is 2.07. The van der Waals surface area contributed by atoms with Crippen molar-refractivity contribution < 1.29 is 9.53 Å². The first-order chi connectivity index (χ1) is 10.8. The lowest BCUT2D eigenvalue weighted by atomic mass is 10.2. The number of nitrogens with one attached hydrogen (secondary N) is 1. The van der Waals surface area contributed by atoms with Gasteiger partial charge in [0.05, 0.1) is 6.61 Å². The average Bonchev–Trinajstić information content (AvgIpc) is 3.04. The van der Waals surface area contributed by atoms with Crippen LogP contribution >= 0.6 is 11.3 Å². The molecule has 5 heteroatoms. The molecule has 1 aromatic heterocycles. The number of hydrogen-bond acceptors (Lipinski definition) is 4. The summed E-state index contributed by atoms with van der Waals surface area (Å²) in [6, 6.07) is 7.22. The maximum atomic E-state index is 12.0. The average molecular weight is 318 g/mol. The molecular weight excluding hydrogens is 296 g/mol. The largest absolute Gasteiger partial charge is 0.494 e. The van der Waals surface area contributed by atoms with Crippen LogP contribution in [-0.2, 0) is 0 Å². The minimum Gasteiger partial charge on any atom is -0.494 e. The zero-order valence-electron chi connectivity index (χ0n) is 12.9. The van der Waals surface area contributed by atoms with Gasteiger partial charge in [0.15, 0.2) is 5.13 Å². The van der Waals surface area contributed by atoms with E-state index in [1.807, 2.05) is 17.5 Å². The van der Waals surface area contributed by atoms with Gasteiger partial charge in [-0.1, -0.05) is 32.6 Å². The molecule has 0 atom stereocenters. The Morgan fingerprint density at radius 3 is 2.64 bits per heavy atom. The zero-order chi connectivity index (χ0) is 15.6. The fourth-order valence-electron chi connectivity index (χ4n) is 2.05. The molecule has 2 rings (SSSR count). The number of rotatable bonds is 9. The summed E-state index contributed by atoms with van der Waals surface area (Å²) in [6.07, 6.45) is 7.77. The first-order valence-corrected chi connectivity index (χ1v) is 8.61. The Morgan fingerprint density at radius 1 is 1.18 bits per heavy atom.